The number of anilines is 1. The first-order valence-electron chi connectivity index (χ1n) is 8.18. The summed E-state index contributed by atoms with van der Waals surface area (Å²) in [4.78, 5) is 25.2. The highest BCUT2D eigenvalue weighted by atomic mass is 32.2. The number of amides is 2. The van der Waals surface area contributed by atoms with Gasteiger partial charge in [0.2, 0.25) is 5.91 Å². The van der Waals surface area contributed by atoms with Crippen LogP contribution in [0, 0.1) is 13.8 Å². The number of fused-ring (bicyclic) bond motifs is 1. The van der Waals surface area contributed by atoms with Gasteiger partial charge in [0.25, 0.3) is 15.9 Å². The lowest BCUT2D eigenvalue weighted by Gasteiger charge is -2.11. The van der Waals surface area contributed by atoms with Gasteiger partial charge in [0, 0.05) is 5.69 Å². The van der Waals surface area contributed by atoms with Gasteiger partial charge in [-0.2, -0.15) is 0 Å². The van der Waals surface area contributed by atoms with Crippen LogP contribution in [-0.2, 0) is 26.0 Å². The van der Waals surface area contributed by atoms with Crippen LogP contribution in [0.5, 0.6) is 5.75 Å². The van der Waals surface area contributed by atoms with E-state index in [1.54, 1.807) is 12.1 Å². The lowest BCUT2D eigenvalue weighted by atomic mass is 10.1. The Labute approximate surface area is 156 Å². The fourth-order valence-corrected chi connectivity index (χ4v) is 3.46. The quantitative estimate of drug-likeness (QED) is 0.642. The normalized spacial score (nSPS) is 13.0. The van der Waals surface area contributed by atoms with E-state index in [4.69, 9.17) is 4.74 Å². The standard InChI is InChI=1S/C18H19N3O5S/c1-11-3-4-14(7-12(11)2)26-10-18(23)20-21-27(24,25)15-5-6-16-13(8-15)9-17(22)19-16/h3-8,21H,9-10H2,1-2H3,(H,19,22)(H,20,23). The molecule has 2 aromatic rings. The largest absolute Gasteiger partial charge is 0.484 e. The van der Waals surface area contributed by atoms with Crippen molar-refractivity contribution >= 4 is 27.5 Å². The van der Waals surface area contributed by atoms with Crippen LogP contribution in [0.25, 0.3) is 0 Å². The van der Waals surface area contributed by atoms with Gasteiger partial charge in [-0.15, -0.1) is 4.83 Å². The maximum Gasteiger partial charge on any atom is 0.272 e. The van der Waals surface area contributed by atoms with Crippen molar-refractivity contribution in [2.75, 3.05) is 11.9 Å². The van der Waals surface area contributed by atoms with Gasteiger partial charge in [0.1, 0.15) is 5.75 Å². The Kier molecular flexibility index (Phi) is 5.15. The highest BCUT2D eigenvalue weighted by Gasteiger charge is 2.22. The highest BCUT2D eigenvalue weighted by molar-refractivity contribution is 7.89. The second-order valence-corrected chi connectivity index (χ2v) is 7.91. The molecule has 0 spiro atoms. The first kappa shape index (κ1) is 18.9. The molecule has 142 valence electrons. The van der Waals surface area contributed by atoms with Crippen LogP contribution in [0.2, 0.25) is 0 Å². The van der Waals surface area contributed by atoms with Gasteiger partial charge in [0.05, 0.1) is 11.3 Å². The summed E-state index contributed by atoms with van der Waals surface area (Å²) in [6.45, 7) is 3.55. The first-order chi connectivity index (χ1) is 12.7. The van der Waals surface area contributed by atoms with Crippen molar-refractivity contribution in [1.82, 2.24) is 10.3 Å². The van der Waals surface area contributed by atoms with E-state index in [0.29, 0.717) is 17.0 Å². The molecule has 0 aliphatic carbocycles. The van der Waals surface area contributed by atoms with E-state index in [0.717, 1.165) is 11.1 Å². The van der Waals surface area contributed by atoms with Gasteiger partial charge < -0.3 is 10.1 Å². The molecule has 0 atom stereocenters. The van der Waals surface area contributed by atoms with Crippen molar-refractivity contribution in [2.45, 2.75) is 25.2 Å². The fourth-order valence-electron chi connectivity index (χ4n) is 2.54. The van der Waals surface area contributed by atoms with Gasteiger partial charge in [0.15, 0.2) is 6.61 Å². The minimum absolute atomic E-state index is 0.0480. The third-order valence-corrected chi connectivity index (χ3v) is 5.43. The van der Waals surface area contributed by atoms with Gasteiger partial charge >= 0.3 is 0 Å². The van der Waals surface area contributed by atoms with E-state index in [9.17, 15) is 18.0 Å². The summed E-state index contributed by atoms with van der Waals surface area (Å²) >= 11 is 0. The molecule has 3 rings (SSSR count). The molecule has 1 aliphatic heterocycles. The lowest BCUT2D eigenvalue weighted by molar-refractivity contribution is -0.123. The van der Waals surface area contributed by atoms with E-state index in [1.807, 2.05) is 24.7 Å². The molecule has 1 aliphatic rings. The van der Waals surface area contributed by atoms with Crippen LogP contribution >= 0.6 is 0 Å². The molecule has 0 fully saturated rings. The predicted octanol–water partition coefficient (Wildman–Crippen LogP) is 1.19. The zero-order valence-corrected chi connectivity index (χ0v) is 15.6. The predicted molar refractivity (Wildman–Crippen MR) is 98.7 cm³/mol. The number of carbonyl (C=O) groups is 2. The zero-order valence-electron chi connectivity index (χ0n) is 14.8. The number of hydrogen-bond acceptors (Lipinski definition) is 5. The average Bonchev–Trinajstić information content (AvgIpc) is 3.00. The third kappa shape index (κ3) is 4.44. The smallest absolute Gasteiger partial charge is 0.272 e. The Bertz CT molecular complexity index is 1020. The number of sulfonamides is 1. The van der Waals surface area contributed by atoms with E-state index in [-0.39, 0.29) is 23.8 Å². The van der Waals surface area contributed by atoms with E-state index < -0.39 is 15.9 Å². The maximum atomic E-state index is 12.3. The summed E-state index contributed by atoms with van der Waals surface area (Å²) in [5.41, 5.74) is 5.42. The summed E-state index contributed by atoms with van der Waals surface area (Å²) in [6.07, 6.45) is 0.120. The minimum Gasteiger partial charge on any atom is -0.484 e. The molecule has 9 heteroatoms. The van der Waals surface area contributed by atoms with Crippen LogP contribution in [0.15, 0.2) is 41.3 Å². The molecule has 27 heavy (non-hydrogen) atoms. The summed E-state index contributed by atoms with van der Waals surface area (Å²) in [7, 11) is -3.97. The Morgan fingerprint density at radius 2 is 1.93 bits per heavy atom. The SMILES string of the molecule is Cc1ccc(OCC(=O)NNS(=O)(=O)c2ccc3c(c2)CC(=O)N3)cc1C. The molecule has 0 unspecified atom stereocenters. The summed E-state index contributed by atoms with van der Waals surface area (Å²) in [5, 5.41) is 2.63. The second kappa shape index (κ2) is 7.37. The van der Waals surface area contributed by atoms with Crippen LogP contribution in [-0.4, -0.2) is 26.8 Å². The third-order valence-electron chi connectivity index (χ3n) is 4.19. The van der Waals surface area contributed by atoms with Crippen LogP contribution in [0.4, 0.5) is 5.69 Å². The van der Waals surface area contributed by atoms with Gasteiger partial charge in [-0.25, -0.2) is 8.42 Å². The monoisotopic (exact) mass is 389 g/mol. The minimum atomic E-state index is -3.97. The van der Waals surface area contributed by atoms with Crippen LogP contribution < -0.4 is 20.3 Å². The molecule has 3 N–H and O–H groups in total. The molecule has 0 saturated carbocycles. The van der Waals surface area contributed by atoms with Crippen molar-refractivity contribution in [3.63, 3.8) is 0 Å². The second-order valence-electron chi connectivity index (χ2n) is 6.23. The number of hydrogen-bond donors (Lipinski definition) is 3. The fraction of sp³-hybridized carbons (Fsp3) is 0.222. The average molecular weight is 389 g/mol. The number of hydrazine groups is 1. The van der Waals surface area contributed by atoms with Crippen molar-refractivity contribution in [3.8, 4) is 5.75 Å². The van der Waals surface area contributed by atoms with Crippen molar-refractivity contribution < 1.29 is 22.7 Å². The lowest BCUT2D eigenvalue weighted by Crippen LogP contribution is -2.43. The Hall–Kier alpha value is -2.91. The van der Waals surface area contributed by atoms with Gasteiger partial charge in [-0.3, -0.25) is 15.0 Å². The van der Waals surface area contributed by atoms with Crippen molar-refractivity contribution in [1.29, 1.82) is 0 Å². The molecule has 0 saturated heterocycles. The molecular formula is C18H19N3O5S. The number of carbonyl (C=O) groups excluding carboxylic acids is 2. The number of ether oxygens (including phenoxy) is 1. The molecule has 1 heterocycles. The summed E-state index contributed by atoms with van der Waals surface area (Å²) in [5.74, 6) is -0.314. The summed E-state index contributed by atoms with van der Waals surface area (Å²) < 4.78 is 30.0. The van der Waals surface area contributed by atoms with E-state index in [1.165, 1.54) is 18.2 Å². The number of benzene rings is 2. The molecule has 0 aromatic heterocycles. The summed E-state index contributed by atoms with van der Waals surface area (Å²) in [6, 6.07) is 9.67. The van der Waals surface area contributed by atoms with Crippen LogP contribution in [0.3, 0.4) is 0 Å². The molecule has 0 radical (unpaired) electrons. The maximum absolute atomic E-state index is 12.3. The van der Waals surface area contributed by atoms with Crippen LogP contribution in [0.1, 0.15) is 16.7 Å². The topological polar surface area (TPSA) is 114 Å². The number of rotatable bonds is 6. The van der Waals surface area contributed by atoms with Gasteiger partial charge in [-0.05, 0) is 60.9 Å². The molecule has 2 aromatic carbocycles. The molecule has 8 nitrogen and oxygen atoms in total. The van der Waals surface area contributed by atoms with Gasteiger partial charge in [-0.1, -0.05) is 6.07 Å². The molecule has 0 bridgehead atoms. The number of aryl methyl sites for hydroxylation is 2. The Morgan fingerprint density at radius 3 is 2.67 bits per heavy atom. The molecular weight excluding hydrogens is 370 g/mol. The van der Waals surface area contributed by atoms with Crippen molar-refractivity contribution in [2.24, 2.45) is 0 Å². The van der Waals surface area contributed by atoms with E-state index >= 15 is 0 Å². The first-order valence-corrected chi connectivity index (χ1v) is 9.66. The highest BCUT2D eigenvalue weighted by Crippen LogP contribution is 2.25. The van der Waals surface area contributed by atoms with Crippen molar-refractivity contribution in [3.05, 3.63) is 53.1 Å². The Balaban J connectivity index is 1.57. The molecule has 2 amide bonds. The van der Waals surface area contributed by atoms with E-state index in [2.05, 4.69) is 10.7 Å². The number of nitrogens with one attached hydrogen (secondary N) is 3. The Morgan fingerprint density at radius 1 is 1.15 bits per heavy atom. The zero-order chi connectivity index (χ0) is 19.6.